The highest BCUT2D eigenvalue weighted by atomic mass is 79.9. The number of nitrogens with one attached hydrogen (secondary N) is 2. The summed E-state index contributed by atoms with van der Waals surface area (Å²) in [6.07, 6.45) is 2.10. The molecule has 0 spiro atoms. The fourth-order valence-corrected chi connectivity index (χ4v) is 2.80. The number of nitrogens with zero attached hydrogens (tertiary/aromatic N) is 1. The molecule has 1 aromatic rings. The Hall–Kier alpha value is -1.47. The molecule has 2 unspecified atom stereocenters. The number of carbonyl (C=O) groups excluding carboxylic acids is 1. The van der Waals surface area contributed by atoms with Crippen LogP contribution in [0.2, 0.25) is 0 Å². The minimum absolute atomic E-state index is 0.0148. The molecule has 1 aliphatic rings. The van der Waals surface area contributed by atoms with Crippen LogP contribution >= 0.6 is 15.9 Å². The average Bonchev–Trinajstić information content (AvgIpc) is 2.41. The number of anilines is 1. The van der Waals surface area contributed by atoms with Gasteiger partial charge in [0.2, 0.25) is 5.91 Å². The van der Waals surface area contributed by atoms with E-state index in [1.807, 2.05) is 6.92 Å². The molecule has 1 amide bonds. The molecule has 20 heavy (non-hydrogen) atoms. The first-order valence-corrected chi connectivity index (χ1v) is 7.26. The van der Waals surface area contributed by atoms with Crippen molar-refractivity contribution in [1.82, 2.24) is 5.32 Å². The van der Waals surface area contributed by atoms with Crippen molar-refractivity contribution in [3.05, 3.63) is 32.8 Å². The minimum Gasteiger partial charge on any atom is -0.324 e. The number of hydrogen-bond donors (Lipinski definition) is 2. The maximum absolute atomic E-state index is 12.2. The van der Waals surface area contributed by atoms with Gasteiger partial charge in [-0.25, -0.2) is 0 Å². The first-order chi connectivity index (χ1) is 9.49. The van der Waals surface area contributed by atoms with Crippen LogP contribution in [0.1, 0.15) is 19.8 Å². The lowest BCUT2D eigenvalue weighted by Crippen LogP contribution is -2.48. The zero-order valence-electron chi connectivity index (χ0n) is 11.1. The van der Waals surface area contributed by atoms with Crippen molar-refractivity contribution in [3.63, 3.8) is 0 Å². The van der Waals surface area contributed by atoms with E-state index in [9.17, 15) is 14.9 Å². The van der Waals surface area contributed by atoms with Crippen molar-refractivity contribution in [2.45, 2.75) is 25.8 Å². The number of benzene rings is 1. The smallest absolute Gasteiger partial charge is 0.270 e. The zero-order chi connectivity index (χ0) is 14.7. The molecule has 0 radical (unpaired) electrons. The molecule has 2 N–H and O–H groups in total. The molecular formula is C13H16BrN3O3. The fourth-order valence-electron chi connectivity index (χ4n) is 2.33. The van der Waals surface area contributed by atoms with Crippen molar-refractivity contribution >= 4 is 33.2 Å². The van der Waals surface area contributed by atoms with Crippen molar-refractivity contribution in [2.24, 2.45) is 5.92 Å². The van der Waals surface area contributed by atoms with Gasteiger partial charge < -0.3 is 10.6 Å². The topological polar surface area (TPSA) is 84.3 Å². The van der Waals surface area contributed by atoms with Gasteiger partial charge in [0, 0.05) is 16.6 Å². The Labute approximate surface area is 125 Å². The van der Waals surface area contributed by atoms with Crippen molar-refractivity contribution in [3.8, 4) is 0 Å². The maximum Gasteiger partial charge on any atom is 0.270 e. The molecule has 2 atom stereocenters. The number of piperidine rings is 1. The average molecular weight is 342 g/mol. The highest BCUT2D eigenvalue weighted by Crippen LogP contribution is 2.27. The van der Waals surface area contributed by atoms with Gasteiger partial charge in [0.15, 0.2) is 0 Å². The van der Waals surface area contributed by atoms with Crippen LogP contribution in [0.5, 0.6) is 0 Å². The molecule has 1 heterocycles. The third-order valence-corrected chi connectivity index (χ3v) is 4.13. The van der Waals surface area contributed by atoms with Crippen molar-refractivity contribution < 1.29 is 9.72 Å². The standard InChI is InChI=1S/C13H16BrN3O3/c1-8-3-2-6-15-12(8)13(18)16-11-5-4-9(17(19)20)7-10(11)14/h4-5,7-8,12,15H,2-3,6H2,1H3,(H,16,18). The maximum atomic E-state index is 12.2. The number of non-ortho nitro benzene ring substituents is 1. The van der Waals surface area contributed by atoms with E-state index in [1.165, 1.54) is 18.2 Å². The van der Waals surface area contributed by atoms with Gasteiger partial charge in [0.05, 0.1) is 16.7 Å². The quantitative estimate of drug-likeness (QED) is 0.653. The lowest BCUT2D eigenvalue weighted by molar-refractivity contribution is -0.384. The summed E-state index contributed by atoms with van der Waals surface area (Å²) in [6.45, 7) is 2.88. The first kappa shape index (κ1) is 14.9. The molecule has 1 aliphatic heterocycles. The minimum atomic E-state index is -0.471. The number of nitro groups is 1. The van der Waals surface area contributed by atoms with Crippen LogP contribution in [-0.4, -0.2) is 23.4 Å². The van der Waals surface area contributed by atoms with E-state index in [2.05, 4.69) is 26.6 Å². The van der Waals surface area contributed by atoms with Gasteiger partial charge in [-0.15, -0.1) is 0 Å². The summed E-state index contributed by atoms with van der Waals surface area (Å²) in [5.74, 6) is 0.173. The third kappa shape index (κ3) is 3.34. The zero-order valence-corrected chi connectivity index (χ0v) is 12.6. The molecule has 6 nitrogen and oxygen atoms in total. The van der Waals surface area contributed by atoms with Crippen LogP contribution < -0.4 is 10.6 Å². The number of halogens is 1. The predicted octanol–water partition coefficient (Wildman–Crippen LogP) is 2.68. The summed E-state index contributed by atoms with van der Waals surface area (Å²) in [5, 5.41) is 16.7. The van der Waals surface area contributed by atoms with E-state index in [0.717, 1.165) is 19.4 Å². The second-order valence-electron chi connectivity index (χ2n) is 4.96. The summed E-state index contributed by atoms with van der Waals surface area (Å²) in [5.41, 5.74) is 0.527. The van der Waals surface area contributed by atoms with Crippen molar-refractivity contribution in [1.29, 1.82) is 0 Å². The van der Waals surface area contributed by atoms with Gasteiger partial charge in [-0.2, -0.15) is 0 Å². The number of hydrogen-bond acceptors (Lipinski definition) is 4. The van der Waals surface area contributed by atoms with Crippen LogP contribution in [0.25, 0.3) is 0 Å². The molecule has 0 saturated carbocycles. The SMILES string of the molecule is CC1CCCNC1C(=O)Nc1ccc([N+](=O)[O-])cc1Br. The molecule has 0 aliphatic carbocycles. The molecule has 108 valence electrons. The molecule has 1 fully saturated rings. The monoisotopic (exact) mass is 341 g/mol. The van der Waals surface area contributed by atoms with E-state index in [-0.39, 0.29) is 23.6 Å². The molecular weight excluding hydrogens is 326 g/mol. The van der Waals surface area contributed by atoms with Crippen LogP contribution in [0.15, 0.2) is 22.7 Å². The normalized spacial score (nSPS) is 22.3. The summed E-state index contributed by atoms with van der Waals surface area (Å²) < 4.78 is 0.503. The lowest BCUT2D eigenvalue weighted by Gasteiger charge is -2.29. The Balaban J connectivity index is 2.09. The van der Waals surface area contributed by atoms with Crippen LogP contribution in [0, 0.1) is 16.0 Å². The second-order valence-corrected chi connectivity index (χ2v) is 5.82. The number of rotatable bonds is 3. The Morgan fingerprint density at radius 1 is 1.55 bits per heavy atom. The Morgan fingerprint density at radius 2 is 2.30 bits per heavy atom. The number of carbonyl (C=O) groups is 1. The van der Waals surface area contributed by atoms with Gasteiger partial charge in [-0.3, -0.25) is 14.9 Å². The molecule has 7 heteroatoms. The van der Waals surface area contributed by atoms with Crippen LogP contribution in [0.4, 0.5) is 11.4 Å². The molecule has 2 rings (SSSR count). The van der Waals surface area contributed by atoms with Gasteiger partial charge in [-0.05, 0) is 47.3 Å². The van der Waals surface area contributed by atoms with E-state index in [1.54, 1.807) is 0 Å². The van der Waals surface area contributed by atoms with E-state index >= 15 is 0 Å². The summed E-state index contributed by atoms with van der Waals surface area (Å²) in [4.78, 5) is 22.4. The fraction of sp³-hybridized carbons (Fsp3) is 0.462. The van der Waals surface area contributed by atoms with Gasteiger partial charge >= 0.3 is 0 Å². The number of amides is 1. The Bertz CT molecular complexity index is 536. The second kappa shape index (κ2) is 6.32. The van der Waals surface area contributed by atoms with Crippen LogP contribution in [0.3, 0.4) is 0 Å². The number of nitro benzene ring substituents is 1. The summed E-state index contributed by atoms with van der Waals surface area (Å²) in [7, 11) is 0. The molecule has 1 saturated heterocycles. The molecule has 1 aromatic carbocycles. The van der Waals surface area contributed by atoms with E-state index in [0.29, 0.717) is 10.2 Å². The van der Waals surface area contributed by atoms with Crippen LogP contribution in [-0.2, 0) is 4.79 Å². The highest BCUT2D eigenvalue weighted by molar-refractivity contribution is 9.10. The largest absolute Gasteiger partial charge is 0.324 e. The molecule has 0 aromatic heterocycles. The summed E-state index contributed by atoms with van der Waals surface area (Å²) >= 11 is 3.24. The lowest BCUT2D eigenvalue weighted by atomic mass is 9.92. The summed E-state index contributed by atoms with van der Waals surface area (Å²) in [6, 6.07) is 4.07. The first-order valence-electron chi connectivity index (χ1n) is 6.47. The van der Waals surface area contributed by atoms with E-state index in [4.69, 9.17) is 0 Å². The Kier molecular flexibility index (Phi) is 4.72. The van der Waals surface area contributed by atoms with Gasteiger partial charge in [0.1, 0.15) is 0 Å². The Morgan fingerprint density at radius 3 is 2.90 bits per heavy atom. The molecule has 0 bridgehead atoms. The van der Waals surface area contributed by atoms with Gasteiger partial charge in [0.25, 0.3) is 5.69 Å². The van der Waals surface area contributed by atoms with E-state index < -0.39 is 4.92 Å². The van der Waals surface area contributed by atoms with Gasteiger partial charge in [-0.1, -0.05) is 6.92 Å². The third-order valence-electron chi connectivity index (χ3n) is 3.47. The van der Waals surface area contributed by atoms with Crippen molar-refractivity contribution in [2.75, 3.05) is 11.9 Å². The predicted molar refractivity (Wildman–Crippen MR) is 79.6 cm³/mol. The highest BCUT2D eigenvalue weighted by Gasteiger charge is 2.27.